The highest BCUT2D eigenvalue weighted by Gasteiger charge is 2.21. The van der Waals surface area contributed by atoms with Crippen molar-refractivity contribution in [2.45, 2.75) is 46.5 Å². The molecule has 1 unspecified atom stereocenters. The smallest absolute Gasteiger partial charge is 0.343 e. The summed E-state index contributed by atoms with van der Waals surface area (Å²) in [5, 5.41) is 11.2. The van der Waals surface area contributed by atoms with Crippen LogP contribution in [0, 0.1) is 6.92 Å². The molecule has 1 N–H and O–H groups in total. The first kappa shape index (κ1) is 21.5. The van der Waals surface area contributed by atoms with Gasteiger partial charge in [0.15, 0.2) is 0 Å². The van der Waals surface area contributed by atoms with Gasteiger partial charge in [-0.25, -0.2) is 4.79 Å². The molecule has 0 saturated carbocycles. The van der Waals surface area contributed by atoms with Gasteiger partial charge in [-0.15, -0.1) is 0 Å². The molecule has 158 valence electrons. The number of allylic oxidation sites excluding steroid dienone is 4. The standard InChI is InChI=1S/C25H28O5/c1-15(11-20-12-16(2)14-29-20)7-6-8-17(3)18(4)23-24(26)21-10-9-19(28-5)13-22(21)30-25(23)27/h7-10,12-14,18,26H,6,11H2,1-5H3. The van der Waals surface area contributed by atoms with Crippen LogP contribution in [0.1, 0.15) is 50.0 Å². The molecule has 3 aromatic rings. The Labute approximate surface area is 176 Å². The van der Waals surface area contributed by atoms with E-state index in [0.29, 0.717) is 16.7 Å². The van der Waals surface area contributed by atoms with Gasteiger partial charge in [-0.2, -0.15) is 0 Å². The molecule has 2 aromatic heterocycles. The van der Waals surface area contributed by atoms with Gasteiger partial charge in [-0.3, -0.25) is 0 Å². The molecule has 0 amide bonds. The van der Waals surface area contributed by atoms with Crippen molar-refractivity contribution in [3.63, 3.8) is 0 Å². The van der Waals surface area contributed by atoms with Crippen LogP contribution in [-0.4, -0.2) is 12.2 Å². The maximum Gasteiger partial charge on any atom is 0.343 e. The van der Waals surface area contributed by atoms with Crippen LogP contribution in [-0.2, 0) is 6.42 Å². The second kappa shape index (κ2) is 9.08. The van der Waals surface area contributed by atoms with Crippen molar-refractivity contribution in [3.8, 4) is 11.5 Å². The maximum absolute atomic E-state index is 12.6. The van der Waals surface area contributed by atoms with Crippen LogP contribution >= 0.6 is 0 Å². The third-order valence-electron chi connectivity index (χ3n) is 5.38. The molecule has 1 atom stereocenters. The van der Waals surface area contributed by atoms with E-state index in [1.165, 1.54) is 12.7 Å². The van der Waals surface area contributed by atoms with Crippen LogP contribution in [0.5, 0.6) is 11.5 Å². The van der Waals surface area contributed by atoms with Crippen LogP contribution in [0.15, 0.2) is 67.5 Å². The zero-order valence-electron chi connectivity index (χ0n) is 18.1. The Morgan fingerprint density at radius 3 is 2.67 bits per heavy atom. The first-order valence-corrected chi connectivity index (χ1v) is 10.00. The fraction of sp³-hybridized carbons (Fsp3) is 0.320. The van der Waals surface area contributed by atoms with Crippen molar-refractivity contribution in [1.29, 1.82) is 0 Å². The van der Waals surface area contributed by atoms with E-state index < -0.39 is 5.63 Å². The molecule has 0 fully saturated rings. The molecule has 5 heteroatoms. The highest BCUT2D eigenvalue weighted by Crippen LogP contribution is 2.35. The van der Waals surface area contributed by atoms with Gasteiger partial charge in [-0.1, -0.05) is 30.2 Å². The normalized spacial score (nSPS) is 13.6. The third kappa shape index (κ3) is 4.67. The van der Waals surface area contributed by atoms with E-state index in [-0.39, 0.29) is 17.2 Å². The summed E-state index contributed by atoms with van der Waals surface area (Å²) in [7, 11) is 1.54. The van der Waals surface area contributed by atoms with Gasteiger partial charge in [0.05, 0.1) is 24.3 Å². The van der Waals surface area contributed by atoms with Gasteiger partial charge in [-0.05, 0) is 51.0 Å². The minimum atomic E-state index is -0.534. The number of hydrogen-bond donors (Lipinski definition) is 1. The van der Waals surface area contributed by atoms with Gasteiger partial charge in [0, 0.05) is 18.4 Å². The van der Waals surface area contributed by atoms with E-state index >= 15 is 0 Å². The highest BCUT2D eigenvalue weighted by molar-refractivity contribution is 5.85. The van der Waals surface area contributed by atoms with Gasteiger partial charge < -0.3 is 18.7 Å². The Balaban J connectivity index is 1.79. The molecule has 5 nitrogen and oxygen atoms in total. The summed E-state index contributed by atoms with van der Waals surface area (Å²) >= 11 is 0. The molecule has 0 spiro atoms. The molecular formula is C25H28O5. The number of furan rings is 1. The summed E-state index contributed by atoms with van der Waals surface area (Å²) in [5.41, 5.74) is 3.36. The lowest BCUT2D eigenvalue weighted by atomic mass is 9.92. The molecule has 3 rings (SSSR count). The highest BCUT2D eigenvalue weighted by atomic mass is 16.5. The maximum atomic E-state index is 12.6. The molecule has 0 saturated heterocycles. The number of rotatable bonds is 7. The van der Waals surface area contributed by atoms with Crippen molar-refractivity contribution < 1.29 is 18.7 Å². The largest absolute Gasteiger partial charge is 0.507 e. The molecule has 0 aliphatic carbocycles. The van der Waals surface area contributed by atoms with Crippen LogP contribution in [0.4, 0.5) is 0 Å². The van der Waals surface area contributed by atoms with Crippen LogP contribution in [0.3, 0.4) is 0 Å². The fourth-order valence-corrected chi connectivity index (χ4v) is 3.47. The van der Waals surface area contributed by atoms with Crippen LogP contribution in [0.2, 0.25) is 0 Å². The predicted octanol–water partition coefficient (Wildman–Crippen LogP) is 6.04. The van der Waals surface area contributed by atoms with Gasteiger partial charge in [0.2, 0.25) is 0 Å². The molecule has 30 heavy (non-hydrogen) atoms. The second-order valence-corrected chi connectivity index (χ2v) is 7.74. The lowest BCUT2D eigenvalue weighted by Crippen LogP contribution is -2.12. The molecule has 0 radical (unpaired) electrons. The van der Waals surface area contributed by atoms with Gasteiger partial charge >= 0.3 is 5.63 Å². The van der Waals surface area contributed by atoms with E-state index in [1.54, 1.807) is 24.5 Å². The minimum absolute atomic E-state index is 0.0379. The molecular weight excluding hydrogens is 380 g/mol. The summed E-state index contributed by atoms with van der Waals surface area (Å²) in [6.07, 6.45) is 7.47. The average molecular weight is 408 g/mol. The number of aromatic hydroxyl groups is 1. The first-order chi connectivity index (χ1) is 14.3. The molecule has 2 heterocycles. The Morgan fingerprint density at radius 1 is 1.23 bits per heavy atom. The number of benzene rings is 1. The number of hydrogen-bond acceptors (Lipinski definition) is 5. The summed E-state index contributed by atoms with van der Waals surface area (Å²) in [6.45, 7) is 7.94. The van der Waals surface area contributed by atoms with Crippen LogP contribution in [0.25, 0.3) is 11.0 Å². The van der Waals surface area contributed by atoms with E-state index in [9.17, 15) is 9.90 Å². The zero-order chi connectivity index (χ0) is 21.8. The Bertz CT molecular complexity index is 1160. The number of ether oxygens (including phenoxy) is 1. The minimum Gasteiger partial charge on any atom is -0.507 e. The molecule has 0 bridgehead atoms. The summed E-state index contributed by atoms with van der Waals surface area (Å²) in [6, 6.07) is 7.07. The Morgan fingerprint density at radius 2 is 2.00 bits per heavy atom. The van der Waals surface area contributed by atoms with Crippen molar-refractivity contribution in [1.82, 2.24) is 0 Å². The van der Waals surface area contributed by atoms with E-state index in [0.717, 1.165) is 29.7 Å². The fourth-order valence-electron chi connectivity index (χ4n) is 3.47. The van der Waals surface area contributed by atoms with Crippen molar-refractivity contribution in [2.24, 2.45) is 0 Å². The van der Waals surface area contributed by atoms with Gasteiger partial charge in [0.25, 0.3) is 0 Å². The van der Waals surface area contributed by atoms with Crippen molar-refractivity contribution in [2.75, 3.05) is 7.11 Å². The Kier molecular flexibility index (Phi) is 6.50. The summed E-state index contributed by atoms with van der Waals surface area (Å²) in [4.78, 5) is 12.6. The average Bonchev–Trinajstić information content (AvgIpc) is 3.11. The van der Waals surface area contributed by atoms with Crippen LogP contribution < -0.4 is 10.4 Å². The summed E-state index contributed by atoms with van der Waals surface area (Å²) in [5.74, 6) is 1.21. The monoisotopic (exact) mass is 408 g/mol. The topological polar surface area (TPSA) is 72.8 Å². The van der Waals surface area contributed by atoms with E-state index in [1.807, 2.05) is 26.8 Å². The van der Waals surface area contributed by atoms with E-state index in [4.69, 9.17) is 13.6 Å². The lowest BCUT2D eigenvalue weighted by molar-refractivity contribution is 0.413. The quantitative estimate of drug-likeness (QED) is 0.381. The molecule has 1 aromatic carbocycles. The van der Waals surface area contributed by atoms with E-state index in [2.05, 4.69) is 19.1 Å². The number of aryl methyl sites for hydroxylation is 1. The lowest BCUT2D eigenvalue weighted by Gasteiger charge is -2.14. The molecule has 0 aliphatic rings. The van der Waals surface area contributed by atoms with Gasteiger partial charge in [0.1, 0.15) is 22.8 Å². The molecule has 0 aliphatic heterocycles. The number of methoxy groups -OCH3 is 1. The predicted molar refractivity (Wildman–Crippen MR) is 118 cm³/mol. The second-order valence-electron chi connectivity index (χ2n) is 7.74. The SMILES string of the molecule is COc1ccc2c(O)c(C(C)C(C)=CCC=C(C)Cc3cc(C)co3)c(=O)oc2c1. The summed E-state index contributed by atoms with van der Waals surface area (Å²) < 4.78 is 16.1. The first-order valence-electron chi connectivity index (χ1n) is 10.00. The number of fused-ring (bicyclic) bond motifs is 1. The van der Waals surface area contributed by atoms with Crippen molar-refractivity contribution in [3.05, 3.63) is 81.1 Å². The Hall–Kier alpha value is -3.21. The zero-order valence-corrected chi connectivity index (χ0v) is 18.1. The van der Waals surface area contributed by atoms with Crippen molar-refractivity contribution >= 4 is 11.0 Å². The third-order valence-corrected chi connectivity index (χ3v) is 5.38.